The molecule has 0 spiro atoms. The molecule has 168 valence electrons. The van der Waals surface area contributed by atoms with Crippen LogP contribution in [0.4, 0.5) is 5.69 Å². The van der Waals surface area contributed by atoms with Crippen LogP contribution in [-0.2, 0) is 11.2 Å². The second kappa shape index (κ2) is 9.16. The molecule has 3 heterocycles. The van der Waals surface area contributed by atoms with E-state index in [1.165, 1.54) is 0 Å². The molecule has 1 aliphatic rings. The van der Waals surface area contributed by atoms with Gasteiger partial charge in [0.15, 0.2) is 0 Å². The minimum absolute atomic E-state index is 0.107. The second-order valence-electron chi connectivity index (χ2n) is 8.06. The maximum Gasteiger partial charge on any atom is 0.228 e. The van der Waals surface area contributed by atoms with Gasteiger partial charge in [0.05, 0.1) is 30.6 Å². The Labute approximate surface area is 198 Å². The molecule has 1 fully saturated rings. The van der Waals surface area contributed by atoms with Gasteiger partial charge in [-0.15, -0.1) is 0 Å². The predicted octanol–water partition coefficient (Wildman–Crippen LogP) is 4.55. The SMILES string of the molecule is COc1ccccc1N1CCN(C(=O)Cc2c(-c3ccc(Cl)cc3)nc3ccccn23)CC1. The van der Waals surface area contributed by atoms with E-state index in [9.17, 15) is 4.79 Å². The number of carbonyl (C=O) groups excluding carboxylic acids is 1. The van der Waals surface area contributed by atoms with Crippen LogP contribution in [0, 0.1) is 0 Å². The molecular weight excluding hydrogens is 436 g/mol. The van der Waals surface area contributed by atoms with Crippen molar-refractivity contribution in [2.45, 2.75) is 6.42 Å². The fourth-order valence-corrected chi connectivity index (χ4v) is 4.52. The number of aromatic nitrogens is 2. The lowest BCUT2D eigenvalue weighted by Gasteiger charge is -2.36. The third-order valence-corrected chi connectivity index (χ3v) is 6.38. The summed E-state index contributed by atoms with van der Waals surface area (Å²) in [7, 11) is 1.69. The van der Waals surface area contributed by atoms with Crippen LogP contribution in [0.2, 0.25) is 5.02 Å². The molecule has 0 radical (unpaired) electrons. The molecule has 33 heavy (non-hydrogen) atoms. The summed E-state index contributed by atoms with van der Waals surface area (Å²) in [6.07, 6.45) is 2.25. The normalized spacial score (nSPS) is 14.0. The highest BCUT2D eigenvalue weighted by atomic mass is 35.5. The molecule has 4 aromatic rings. The number of fused-ring (bicyclic) bond motifs is 1. The van der Waals surface area contributed by atoms with Crippen LogP contribution >= 0.6 is 11.6 Å². The van der Waals surface area contributed by atoms with Crippen LogP contribution in [0.1, 0.15) is 5.69 Å². The summed E-state index contributed by atoms with van der Waals surface area (Å²) in [5, 5.41) is 0.674. The first-order chi connectivity index (χ1) is 16.1. The van der Waals surface area contributed by atoms with E-state index in [2.05, 4.69) is 11.0 Å². The maximum absolute atomic E-state index is 13.3. The third-order valence-electron chi connectivity index (χ3n) is 6.12. The zero-order valence-electron chi connectivity index (χ0n) is 18.4. The number of anilines is 1. The molecule has 0 bridgehead atoms. The average molecular weight is 461 g/mol. The Kier molecular flexibility index (Phi) is 5.92. The van der Waals surface area contributed by atoms with E-state index in [0.717, 1.165) is 47.1 Å². The first kappa shape index (κ1) is 21.3. The van der Waals surface area contributed by atoms with E-state index >= 15 is 0 Å². The number of benzene rings is 2. The zero-order chi connectivity index (χ0) is 22.8. The van der Waals surface area contributed by atoms with Crippen molar-refractivity contribution in [2.75, 3.05) is 38.2 Å². The van der Waals surface area contributed by atoms with Crippen molar-refractivity contribution < 1.29 is 9.53 Å². The first-order valence-corrected chi connectivity index (χ1v) is 11.4. The summed E-state index contributed by atoms with van der Waals surface area (Å²) in [5.74, 6) is 0.964. The Balaban J connectivity index is 1.36. The van der Waals surface area contributed by atoms with Gasteiger partial charge in [0.1, 0.15) is 11.4 Å². The molecule has 2 aromatic carbocycles. The van der Waals surface area contributed by atoms with Gasteiger partial charge in [-0.1, -0.05) is 41.9 Å². The molecule has 1 amide bonds. The monoisotopic (exact) mass is 460 g/mol. The van der Waals surface area contributed by atoms with E-state index in [-0.39, 0.29) is 12.3 Å². The Bertz CT molecular complexity index is 1280. The lowest BCUT2D eigenvalue weighted by molar-refractivity contribution is -0.130. The number of amides is 1. The van der Waals surface area contributed by atoms with Crippen LogP contribution in [-0.4, -0.2) is 53.5 Å². The van der Waals surface area contributed by atoms with Crippen LogP contribution in [0.5, 0.6) is 5.75 Å². The van der Waals surface area contributed by atoms with Gasteiger partial charge in [0.25, 0.3) is 0 Å². The van der Waals surface area contributed by atoms with E-state index in [1.807, 2.05) is 76.2 Å². The highest BCUT2D eigenvalue weighted by Crippen LogP contribution is 2.29. The minimum atomic E-state index is 0.107. The summed E-state index contributed by atoms with van der Waals surface area (Å²) in [6.45, 7) is 2.88. The van der Waals surface area contributed by atoms with Gasteiger partial charge < -0.3 is 18.9 Å². The Morgan fingerprint density at radius 3 is 2.45 bits per heavy atom. The molecule has 1 aliphatic heterocycles. The molecule has 2 aromatic heterocycles. The third kappa shape index (κ3) is 4.26. The smallest absolute Gasteiger partial charge is 0.228 e. The van der Waals surface area contributed by atoms with Crippen LogP contribution in [0.15, 0.2) is 72.9 Å². The number of halogens is 1. The van der Waals surface area contributed by atoms with Crippen molar-refractivity contribution in [3.8, 4) is 17.0 Å². The van der Waals surface area contributed by atoms with E-state index < -0.39 is 0 Å². The van der Waals surface area contributed by atoms with Crippen molar-refractivity contribution in [3.63, 3.8) is 0 Å². The average Bonchev–Trinajstić information content (AvgIpc) is 3.23. The molecule has 6 nitrogen and oxygen atoms in total. The number of rotatable bonds is 5. The van der Waals surface area contributed by atoms with Crippen molar-refractivity contribution in [1.82, 2.24) is 14.3 Å². The number of pyridine rings is 1. The molecule has 0 atom stereocenters. The summed E-state index contributed by atoms with van der Waals surface area (Å²) in [6, 6.07) is 21.5. The number of hydrogen-bond acceptors (Lipinski definition) is 4. The fraction of sp³-hybridized carbons (Fsp3) is 0.231. The van der Waals surface area contributed by atoms with E-state index in [4.69, 9.17) is 21.3 Å². The quantitative estimate of drug-likeness (QED) is 0.438. The van der Waals surface area contributed by atoms with Crippen molar-refractivity contribution in [1.29, 1.82) is 0 Å². The predicted molar refractivity (Wildman–Crippen MR) is 131 cm³/mol. The van der Waals surface area contributed by atoms with Gasteiger partial charge in [-0.25, -0.2) is 4.98 Å². The molecule has 1 saturated heterocycles. The minimum Gasteiger partial charge on any atom is -0.495 e. The van der Waals surface area contributed by atoms with E-state index in [0.29, 0.717) is 18.1 Å². The van der Waals surface area contributed by atoms with Gasteiger partial charge in [0.2, 0.25) is 5.91 Å². The van der Waals surface area contributed by atoms with Gasteiger partial charge in [0, 0.05) is 43.0 Å². The Morgan fingerprint density at radius 2 is 1.70 bits per heavy atom. The van der Waals surface area contributed by atoms with Gasteiger partial charge in [-0.2, -0.15) is 0 Å². The second-order valence-corrected chi connectivity index (χ2v) is 8.50. The number of piperazine rings is 1. The molecule has 0 unspecified atom stereocenters. The van der Waals surface area contributed by atoms with Crippen LogP contribution in [0.3, 0.4) is 0 Å². The first-order valence-electron chi connectivity index (χ1n) is 11.0. The summed E-state index contributed by atoms with van der Waals surface area (Å²) < 4.78 is 7.51. The lowest BCUT2D eigenvalue weighted by Crippen LogP contribution is -2.49. The van der Waals surface area contributed by atoms with Crippen molar-refractivity contribution in [2.24, 2.45) is 0 Å². The Hall–Kier alpha value is -3.51. The molecule has 0 saturated carbocycles. The van der Waals surface area contributed by atoms with Crippen molar-refractivity contribution >= 4 is 28.8 Å². The lowest BCUT2D eigenvalue weighted by atomic mass is 10.1. The number of nitrogens with zero attached hydrogens (tertiary/aromatic N) is 4. The summed E-state index contributed by atoms with van der Waals surface area (Å²) >= 11 is 6.08. The molecular formula is C26H25ClN4O2. The molecule has 0 N–H and O–H groups in total. The maximum atomic E-state index is 13.3. The highest BCUT2D eigenvalue weighted by Gasteiger charge is 2.25. The van der Waals surface area contributed by atoms with Crippen molar-refractivity contribution in [3.05, 3.63) is 83.6 Å². The number of ether oxygens (including phenoxy) is 1. The fourth-order valence-electron chi connectivity index (χ4n) is 4.40. The van der Waals surface area contributed by atoms with Crippen LogP contribution < -0.4 is 9.64 Å². The molecule has 0 aliphatic carbocycles. The van der Waals surface area contributed by atoms with Crippen LogP contribution in [0.25, 0.3) is 16.9 Å². The van der Waals surface area contributed by atoms with E-state index in [1.54, 1.807) is 7.11 Å². The molecule has 7 heteroatoms. The highest BCUT2D eigenvalue weighted by molar-refractivity contribution is 6.30. The number of methoxy groups -OCH3 is 1. The van der Waals surface area contributed by atoms with Gasteiger partial charge in [-0.05, 0) is 36.4 Å². The summed E-state index contributed by atoms with van der Waals surface area (Å²) in [4.78, 5) is 22.4. The zero-order valence-corrected chi connectivity index (χ0v) is 19.2. The number of carbonyl (C=O) groups is 1. The number of hydrogen-bond donors (Lipinski definition) is 0. The largest absolute Gasteiger partial charge is 0.495 e. The van der Waals surface area contributed by atoms with Gasteiger partial charge >= 0.3 is 0 Å². The summed E-state index contributed by atoms with van der Waals surface area (Å²) in [5.41, 5.74) is 4.56. The molecule has 5 rings (SSSR count). The van der Waals surface area contributed by atoms with Gasteiger partial charge in [-0.3, -0.25) is 4.79 Å². The standard InChI is InChI=1S/C26H25ClN4O2/c1-33-23-7-3-2-6-21(23)29-14-16-30(17-15-29)25(32)18-22-26(19-9-11-20(27)12-10-19)28-24-8-4-5-13-31(22)24/h2-13H,14-18H2,1H3. The Morgan fingerprint density at radius 1 is 0.970 bits per heavy atom. The number of para-hydroxylation sites is 2. The topological polar surface area (TPSA) is 50.1 Å². The number of imidazole rings is 1.